The van der Waals surface area contributed by atoms with Crippen molar-refractivity contribution in [3.8, 4) is 0 Å². The standard InChI is InChI=1S/C17H19BrN2O/c1-10-7-13(19-4)5-6-15(10)17(21)20-14-8-11(2)16(18)12(3)9-14/h5-9,19H,1-4H3,(H,20,21). The van der Waals surface area contributed by atoms with Gasteiger partial charge < -0.3 is 10.6 Å². The monoisotopic (exact) mass is 346 g/mol. The molecule has 4 heteroatoms. The molecule has 0 aromatic heterocycles. The van der Waals surface area contributed by atoms with Gasteiger partial charge in [0.2, 0.25) is 0 Å². The average molecular weight is 347 g/mol. The fourth-order valence-electron chi connectivity index (χ4n) is 2.29. The van der Waals surface area contributed by atoms with Crippen molar-refractivity contribution >= 4 is 33.2 Å². The highest BCUT2D eigenvalue weighted by molar-refractivity contribution is 9.10. The van der Waals surface area contributed by atoms with Crippen molar-refractivity contribution in [2.75, 3.05) is 17.7 Å². The molecule has 0 radical (unpaired) electrons. The van der Waals surface area contributed by atoms with Crippen LogP contribution in [-0.2, 0) is 0 Å². The van der Waals surface area contributed by atoms with E-state index in [0.29, 0.717) is 5.56 Å². The van der Waals surface area contributed by atoms with Gasteiger partial charge >= 0.3 is 0 Å². The molecule has 0 unspecified atom stereocenters. The first kappa shape index (κ1) is 15.6. The van der Waals surface area contributed by atoms with E-state index in [9.17, 15) is 4.79 Å². The molecule has 2 rings (SSSR count). The first-order valence-corrected chi connectivity index (χ1v) is 7.58. The average Bonchev–Trinajstić information content (AvgIpc) is 2.44. The fraction of sp³-hybridized carbons (Fsp3) is 0.235. The molecule has 0 saturated carbocycles. The highest BCUT2D eigenvalue weighted by Crippen LogP contribution is 2.25. The van der Waals surface area contributed by atoms with Crippen LogP contribution in [0, 0.1) is 20.8 Å². The summed E-state index contributed by atoms with van der Waals surface area (Å²) in [6, 6.07) is 9.64. The van der Waals surface area contributed by atoms with Gasteiger partial charge in [0.25, 0.3) is 5.91 Å². The van der Waals surface area contributed by atoms with E-state index in [1.54, 1.807) is 0 Å². The van der Waals surface area contributed by atoms with Crippen molar-refractivity contribution < 1.29 is 4.79 Å². The van der Waals surface area contributed by atoms with Gasteiger partial charge in [0, 0.05) is 28.5 Å². The molecule has 0 heterocycles. The van der Waals surface area contributed by atoms with Gasteiger partial charge in [-0.1, -0.05) is 15.9 Å². The number of nitrogens with one attached hydrogen (secondary N) is 2. The van der Waals surface area contributed by atoms with E-state index in [4.69, 9.17) is 0 Å². The Kier molecular flexibility index (Phi) is 4.68. The molecule has 2 aromatic rings. The van der Waals surface area contributed by atoms with Gasteiger partial charge in [-0.2, -0.15) is 0 Å². The molecule has 0 fully saturated rings. The molecule has 3 nitrogen and oxygen atoms in total. The molecule has 0 aliphatic rings. The topological polar surface area (TPSA) is 41.1 Å². The molecule has 110 valence electrons. The lowest BCUT2D eigenvalue weighted by Crippen LogP contribution is -2.13. The molecular formula is C17H19BrN2O. The molecule has 0 atom stereocenters. The van der Waals surface area contributed by atoms with Crippen LogP contribution in [-0.4, -0.2) is 13.0 Å². The first-order chi connectivity index (χ1) is 9.92. The van der Waals surface area contributed by atoms with Crippen molar-refractivity contribution in [1.29, 1.82) is 0 Å². The highest BCUT2D eigenvalue weighted by Gasteiger charge is 2.11. The first-order valence-electron chi connectivity index (χ1n) is 6.79. The van der Waals surface area contributed by atoms with E-state index in [0.717, 1.165) is 32.5 Å². The molecule has 1 amide bonds. The number of amides is 1. The van der Waals surface area contributed by atoms with Crippen molar-refractivity contribution in [3.63, 3.8) is 0 Å². The van der Waals surface area contributed by atoms with Crippen LogP contribution in [0.25, 0.3) is 0 Å². The third kappa shape index (κ3) is 3.45. The van der Waals surface area contributed by atoms with Crippen molar-refractivity contribution in [1.82, 2.24) is 0 Å². The Morgan fingerprint density at radius 2 is 1.52 bits per heavy atom. The predicted octanol–water partition coefficient (Wildman–Crippen LogP) is 4.67. The quantitative estimate of drug-likeness (QED) is 0.847. The van der Waals surface area contributed by atoms with E-state index in [1.807, 2.05) is 58.2 Å². The van der Waals surface area contributed by atoms with Gasteiger partial charge in [-0.25, -0.2) is 0 Å². The molecule has 2 aromatic carbocycles. The Labute approximate surface area is 133 Å². The number of benzene rings is 2. The Bertz CT molecular complexity index is 672. The van der Waals surface area contributed by atoms with Gasteiger partial charge in [0.1, 0.15) is 0 Å². The lowest BCUT2D eigenvalue weighted by atomic mass is 10.1. The van der Waals surface area contributed by atoms with E-state index in [-0.39, 0.29) is 5.91 Å². The third-order valence-electron chi connectivity index (χ3n) is 3.45. The van der Waals surface area contributed by atoms with E-state index >= 15 is 0 Å². The van der Waals surface area contributed by atoms with Crippen LogP contribution < -0.4 is 10.6 Å². The van der Waals surface area contributed by atoms with E-state index in [1.165, 1.54) is 0 Å². The lowest BCUT2D eigenvalue weighted by molar-refractivity contribution is 0.102. The molecule has 21 heavy (non-hydrogen) atoms. The number of halogens is 1. The Balaban J connectivity index is 2.26. The van der Waals surface area contributed by atoms with Crippen LogP contribution in [0.1, 0.15) is 27.0 Å². The summed E-state index contributed by atoms with van der Waals surface area (Å²) in [5.74, 6) is -0.0868. The summed E-state index contributed by atoms with van der Waals surface area (Å²) >= 11 is 3.53. The van der Waals surface area contributed by atoms with Crippen LogP contribution in [0.4, 0.5) is 11.4 Å². The molecule has 2 N–H and O–H groups in total. The fourth-order valence-corrected chi connectivity index (χ4v) is 2.52. The van der Waals surface area contributed by atoms with Crippen molar-refractivity contribution in [2.24, 2.45) is 0 Å². The summed E-state index contributed by atoms with van der Waals surface area (Å²) in [7, 11) is 1.86. The van der Waals surface area contributed by atoms with Gasteiger partial charge in [-0.15, -0.1) is 0 Å². The predicted molar refractivity (Wildman–Crippen MR) is 92.3 cm³/mol. The smallest absolute Gasteiger partial charge is 0.255 e. The van der Waals surface area contributed by atoms with E-state index < -0.39 is 0 Å². The molecule has 0 aliphatic heterocycles. The molecule has 0 spiro atoms. The van der Waals surface area contributed by atoms with Crippen molar-refractivity contribution in [3.05, 3.63) is 57.1 Å². The molecule has 0 saturated heterocycles. The number of hydrogen-bond acceptors (Lipinski definition) is 2. The van der Waals surface area contributed by atoms with Gasteiger partial charge in [-0.3, -0.25) is 4.79 Å². The molecular weight excluding hydrogens is 328 g/mol. The summed E-state index contributed by atoms with van der Waals surface area (Å²) in [5, 5.41) is 6.03. The number of hydrogen-bond donors (Lipinski definition) is 2. The van der Waals surface area contributed by atoms with Crippen molar-refractivity contribution in [2.45, 2.75) is 20.8 Å². The van der Waals surface area contributed by atoms with Crippen LogP contribution >= 0.6 is 15.9 Å². The summed E-state index contributed by atoms with van der Waals surface area (Å²) in [4.78, 5) is 12.4. The van der Waals surface area contributed by atoms with E-state index in [2.05, 4.69) is 26.6 Å². The maximum atomic E-state index is 12.4. The van der Waals surface area contributed by atoms with Gasteiger partial charge in [-0.05, 0) is 67.8 Å². The lowest BCUT2D eigenvalue weighted by Gasteiger charge is -2.12. The summed E-state index contributed by atoms with van der Waals surface area (Å²) in [5.41, 5.74) is 5.66. The zero-order chi connectivity index (χ0) is 15.6. The summed E-state index contributed by atoms with van der Waals surface area (Å²) in [6.07, 6.45) is 0. The normalized spacial score (nSPS) is 10.3. The van der Waals surface area contributed by atoms with Gasteiger partial charge in [0.05, 0.1) is 0 Å². The minimum atomic E-state index is -0.0868. The number of rotatable bonds is 3. The van der Waals surface area contributed by atoms with Crippen LogP contribution in [0.2, 0.25) is 0 Å². The second-order valence-corrected chi connectivity index (χ2v) is 5.95. The Hall–Kier alpha value is -1.81. The number of carbonyl (C=O) groups is 1. The Morgan fingerprint density at radius 3 is 2.05 bits per heavy atom. The highest BCUT2D eigenvalue weighted by atomic mass is 79.9. The van der Waals surface area contributed by atoms with Crippen LogP contribution in [0.5, 0.6) is 0 Å². The zero-order valence-electron chi connectivity index (χ0n) is 12.7. The van der Waals surface area contributed by atoms with Crippen LogP contribution in [0.15, 0.2) is 34.8 Å². The van der Waals surface area contributed by atoms with Crippen LogP contribution in [0.3, 0.4) is 0 Å². The maximum Gasteiger partial charge on any atom is 0.255 e. The van der Waals surface area contributed by atoms with Gasteiger partial charge in [0.15, 0.2) is 0 Å². The summed E-state index contributed by atoms with van der Waals surface area (Å²) in [6.45, 7) is 5.97. The second kappa shape index (κ2) is 6.31. The minimum absolute atomic E-state index is 0.0868. The maximum absolute atomic E-state index is 12.4. The largest absolute Gasteiger partial charge is 0.388 e. The Morgan fingerprint density at radius 1 is 0.952 bits per heavy atom. The number of anilines is 2. The SMILES string of the molecule is CNc1ccc(C(=O)Nc2cc(C)c(Br)c(C)c2)c(C)c1. The molecule has 0 bridgehead atoms. The number of aryl methyl sites for hydroxylation is 3. The minimum Gasteiger partial charge on any atom is -0.388 e. The summed E-state index contributed by atoms with van der Waals surface area (Å²) < 4.78 is 1.08. The second-order valence-electron chi connectivity index (χ2n) is 5.16. The third-order valence-corrected chi connectivity index (χ3v) is 4.70. The number of carbonyl (C=O) groups excluding carboxylic acids is 1. The molecule has 0 aliphatic carbocycles. The zero-order valence-corrected chi connectivity index (χ0v) is 14.3.